The Labute approximate surface area is 176 Å². The van der Waals surface area contributed by atoms with E-state index in [1.807, 2.05) is 0 Å². The number of nitrogens with one attached hydrogen (secondary N) is 1. The number of aliphatic imine (C=N–C) groups is 1. The van der Waals surface area contributed by atoms with Crippen molar-refractivity contribution in [2.75, 3.05) is 53.1 Å². The van der Waals surface area contributed by atoms with Crippen LogP contribution in [0, 0.1) is 13.8 Å². The number of para-hydroxylation sites is 1. The van der Waals surface area contributed by atoms with Crippen molar-refractivity contribution in [3.63, 3.8) is 0 Å². The summed E-state index contributed by atoms with van der Waals surface area (Å²) in [6.07, 6.45) is 4.32. The van der Waals surface area contributed by atoms with Crippen LogP contribution in [0.1, 0.15) is 43.7 Å². The predicted octanol–water partition coefficient (Wildman–Crippen LogP) is 3.56. The molecule has 29 heavy (non-hydrogen) atoms. The summed E-state index contributed by atoms with van der Waals surface area (Å²) in [6, 6.07) is 6.25. The first-order chi connectivity index (χ1) is 14.2. The average molecular weight is 406 g/mol. The van der Waals surface area contributed by atoms with Crippen LogP contribution in [-0.4, -0.2) is 70.1 Å². The summed E-state index contributed by atoms with van der Waals surface area (Å²) in [5, 5.41) is 3.43. The maximum absolute atomic E-state index is 6.00. The van der Waals surface area contributed by atoms with Gasteiger partial charge < -0.3 is 24.4 Å². The Hall–Kier alpha value is -1.79. The molecule has 1 aliphatic rings. The summed E-state index contributed by atoms with van der Waals surface area (Å²) in [7, 11) is 1.73. The van der Waals surface area contributed by atoms with Crippen molar-refractivity contribution < 1.29 is 14.2 Å². The van der Waals surface area contributed by atoms with Crippen LogP contribution in [0.2, 0.25) is 0 Å². The zero-order chi connectivity index (χ0) is 20.9. The molecule has 6 heteroatoms. The molecular weight excluding hydrogens is 366 g/mol. The Morgan fingerprint density at radius 2 is 1.83 bits per heavy atom. The van der Waals surface area contributed by atoms with Crippen molar-refractivity contribution in [1.82, 2.24) is 10.2 Å². The molecule has 0 spiro atoms. The molecule has 1 aliphatic heterocycles. The highest BCUT2D eigenvalue weighted by molar-refractivity contribution is 5.80. The third-order valence-electron chi connectivity index (χ3n) is 5.14. The van der Waals surface area contributed by atoms with Crippen molar-refractivity contribution >= 4 is 5.96 Å². The van der Waals surface area contributed by atoms with Crippen molar-refractivity contribution in [3.05, 3.63) is 29.3 Å². The average Bonchev–Trinajstić information content (AvgIpc) is 2.72. The van der Waals surface area contributed by atoms with E-state index in [0.29, 0.717) is 12.7 Å². The number of methoxy groups -OCH3 is 1. The monoisotopic (exact) mass is 405 g/mol. The van der Waals surface area contributed by atoms with Crippen LogP contribution in [0.4, 0.5) is 0 Å². The number of ether oxygens (including phenoxy) is 3. The molecule has 1 fully saturated rings. The van der Waals surface area contributed by atoms with Crippen LogP contribution in [0.25, 0.3) is 0 Å². The van der Waals surface area contributed by atoms with Gasteiger partial charge in [0.2, 0.25) is 0 Å². The lowest BCUT2D eigenvalue weighted by atomic mass is 10.1. The number of aryl methyl sites for hydroxylation is 2. The minimum absolute atomic E-state index is 0.358. The second-order valence-corrected chi connectivity index (χ2v) is 7.56. The van der Waals surface area contributed by atoms with Gasteiger partial charge in [-0.15, -0.1) is 0 Å². The van der Waals surface area contributed by atoms with Crippen LogP contribution in [-0.2, 0) is 9.47 Å². The first-order valence-corrected chi connectivity index (χ1v) is 11.0. The molecule has 1 heterocycles. The third-order valence-corrected chi connectivity index (χ3v) is 5.14. The summed E-state index contributed by atoms with van der Waals surface area (Å²) in [5.74, 6) is 2.02. The van der Waals surface area contributed by atoms with Gasteiger partial charge in [0.15, 0.2) is 5.96 Å². The van der Waals surface area contributed by atoms with Crippen LogP contribution >= 0.6 is 0 Å². The molecule has 0 aromatic heterocycles. The highest BCUT2D eigenvalue weighted by atomic mass is 16.5. The van der Waals surface area contributed by atoms with E-state index >= 15 is 0 Å². The number of piperidine rings is 1. The smallest absolute Gasteiger partial charge is 0.193 e. The van der Waals surface area contributed by atoms with E-state index in [4.69, 9.17) is 19.2 Å². The zero-order valence-electron chi connectivity index (χ0n) is 18.7. The summed E-state index contributed by atoms with van der Waals surface area (Å²) in [5.41, 5.74) is 2.38. The molecule has 0 atom stereocenters. The second-order valence-electron chi connectivity index (χ2n) is 7.56. The van der Waals surface area contributed by atoms with Crippen LogP contribution in [0.3, 0.4) is 0 Å². The lowest BCUT2D eigenvalue weighted by Crippen LogP contribution is -2.47. The summed E-state index contributed by atoms with van der Waals surface area (Å²) < 4.78 is 17.0. The van der Waals surface area contributed by atoms with E-state index in [9.17, 15) is 0 Å². The van der Waals surface area contributed by atoms with Gasteiger partial charge in [-0.3, -0.25) is 4.99 Å². The molecule has 164 valence electrons. The van der Waals surface area contributed by atoms with E-state index in [2.05, 4.69) is 49.2 Å². The zero-order valence-corrected chi connectivity index (χ0v) is 18.7. The van der Waals surface area contributed by atoms with Crippen molar-refractivity contribution in [2.45, 2.75) is 52.6 Å². The van der Waals surface area contributed by atoms with Crippen molar-refractivity contribution in [1.29, 1.82) is 0 Å². The second kappa shape index (κ2) is 13.4. The fourth-order valence-electron chi connectivity index (χ4n) is 3.56. The molecule has 0 saturated carbocycles. The SMILES string of the molecule is CCNC(=NCCCOc1c(C)cccc1C)N1CCC(OCCCOC)CC1. The normalized spacial score (nSPS) is 15.6. The van der Waals surface area contributed by atoms with Gasteiger partial charge >= 0.3 is 0 Å². The fraction of sp³-hybridized carbons (Fsp3) is 0.696. The van der Waals surface area contributed by atoms with E-state index in [-0.39, 0.29) is 0 Å². The molecule has 1 N–H and O–H groups in total. The molecule has 1 saturated heterocycles. The van der Waals surface area contributed by atoms with Gasteiger partial charge in [-0.05, 0) is 51.2 Å². The summed E-state index contributed by atoms with van der Waals surface area (Å²) in [6.45, 7) is 12.2. The van der Waals surface area contributed by atoms with Gasteiger partial charge in [0, 0.05) is 52.9 Å². The highest BCUT2D eigenvalue weighted by Gasteiger charge is 2.21. The molecule has 0 bridgehead atoms. The van der Waals surface area contributed by atoms with E-state index < -0.39 is 0 Å². The summed E-state index contributed by atoms with van der Waals surface area (Å²) in [4.78, 5) is 7.17. The number of nitrogens with zero attached hydrogens (tertiary/aromatic N) is 2. The Kier molecular flexibility index (Phi) is 10.9. The highest BCUT2D eigenvalue weighted by Crippen LogP contribution is 2.22. The largest absolute Gasteiger partial charge is 0.493 e. The van der Waals surface area contributed by atoms with Gasteiger partial charge in [0.25, 0.3) is 0 Å². The number of hydrogen-bond donors (Lipinski definition) is 1. The third kappa shape index (κ3) is 8.23. The minimum atomic E-state index is 0.358. The van der Waals surface area contributed by atoms with E-state index in [1.54, 1.807) is 7.11 Å². The van der Waals surface area contributed by atoms with Crippen LogP contribution in [0.15, 0.2) is 23.2 Å². The Balaban J connectivity index is 1.72. The molecule has 6 nitrogen and oxygen atoms in total. The van der Waals surface area contributed by atoms with Gasteiger partial charge in [-0.2, -0.15) is 0 Å². The summed E-state index contributed by atoms with van der Waals surface area (Å²) >= 11 is 0. The topological polar surface area (TPSA) is 55.3 Å². The molecule has 0 unspecified atom stereocenters. The number of hydrogen-bond acceptors (Lipinski definition) is 4. The number of rotatable bonds is 11. The van der Waals surface area contributed by atoms with Crippen LogP contribution < -0.4 is 10.1 Å². The molecule has 2 rings (SSSR count). The lowest BCUT2D eigenvalue weighted by Gasteiger charge is -2.34. The molecule has 1 aromatic carbocycles. The predicted molar refractivity (Wildman–Crippen MR) is 119 cm³/mol. The maximum Gasteiger partial charge on any atom is 0.193 e. The number of likely N-dealkylation sites (tertiary alicyclic amines) is 1. The molecule has 0 aliphatic carbocycles. The standard InChI is InChI=1S/C23H39N3O3/c1-5-24-23(26-14-11-21(12-15-26)28-18-8-16-27-4)25-13-7-17-29-22-19(2)9-6-10-20(22)3/h6,9-10,21H,5,7-8,11-18H2,1-4H3,(H,24,25). The molecule has 1 aromatic rings. The first kappa shape index (κ1) is 23.5. The van der Waals surface area contributed by atoms with Gasteiger partial charge in [-0.1, -0.05) is 18.2 Å². The quantitative estimate of drug-likeness (QED) is 0.347. The van der Waals surface area contributed by atoms with E-state index in [1.165, 1.54) is 11.1 Å². The van der Waals surface area contributed by atoms with Crippen LogP contribution in [0.5, 0.6) is 5.75 Å². The fourth-order valence-corrected chi connectivity index (χ4v) is 3.56. The first-order valence-electron chi connectivity index (χ1n) is 11.0. The van der Waals surface area contributed by atoms with Crippen molar-refractivity contribution in [2.24, 2.45) is 4.99 Å². The Morgan fingerprint density at radius 1 is 1.10 bits per heavy atom. The van der Waals surface area contributed by atoms with Gasteiger partial charge in [0.05, 0.1) is 12.7 Å². The molecule has 0 amide bonds. The van der Waals surface area contributed by atoms with E-state index in [0.717, 1.165) is 76.8 Å². The van der Waals surface area contributed by atoms with Gasteiger partial charge in [0.1, 0.15) is 5.75 Å². The molecular formula is C23H39N3O3. The number of guanidine groups is 1. The van der Waals surface area contributed by atoms with Gasteiger partial charge in [-0.25, -0.2) is 0 Å². The lowest BCUT2D eigenvalue weighted by molar-refractivity contribution is 0.00990. The Morgan fingerprint density at radius 3 is 2.48 bits per heavy atom. The molecule has 0 radical (unpaired) electrons. The van der Waals surface area contributed by atoms with Crippen molar-refractivity contribution in [3.8, 4) is 5.75 Å². The number of benzene rings is 1. The minimum Gasteiger partial charge on any atom is -0.493 e. The maximum atomic E-state index is 6.00. The Bertz CT molecular complexity index is 593.